The molecule has 3 heterocycles. The highest BCUT2D eigenvalue weighted by Crippen LogP contribution is 2.53. The molecule has 1 aliphatic carbocycles. The summed E-state index contributed by atoms with van der Waals surface area (Å²) in [5.41, 5.74) is 13.3. The van der Waals surface area contributed by atoms with E-state index < -0.39 is 0 Å². The van der Waals surface area contributed by atoms with Crippen molar-refractivity contribution < 1.29 is 4.79 Å². The Kier molecular flexibility index (Phi) is 4.36. The van der Waals surface area contributed by atoms with E-state index in [1.165, 1.54) is 18.9 Å². The lowest BCUT2D eigenvalue weighted by atomic mass is 9.65. The van der Waals surface area contributed by atoms with Gasteiger partial charge in [0.25, 0.3) is 5.91 Å². The summed E-state index contributed by atoms with van der Waals surface area (Å²) in [6.45, 7) is 7.96. The standard InChI is InChI=1S/C20H27N7O/c1-19(2)7-14-8-20(3,10-19)11-27(14)17-15(21)16(23-12-24-17)25-26-18(28)13-5-4-6-22-9-13/h4-6,9,12,14H,7-8,10-11,21H2,1-3H3,(H,26,28)(H,23,24,25). The second-order valence-corrected chi connectivity index (χ2v) is 9.12. The number of hydrogen-bond donors (Lipinski definition) is 3. The topological polar surface area (TPSA) is 109 Å². The first-order valence-electron chi connectivity index (χ1n) is 9.60. The van der Waals surface area contributed by atoms with Gasteiger partial charge in [-0.25, -0.2) is 9.97 Å². The normalized spacial score (nSPS) is 25.4. The summed E-state index contributed by atoms with van der Waals surface area (Å²) in [5, 5.41) is 0. The Morgan fingerprint density at radius 2 is 2.11 bits per heavy atom. The molecule has 2 bridgehead atoms. The predicted molar refractivity (Wildman–Crippen MR) is 109 cm³/mol. The number of amides is 1. The van der Waals surface area contributed by atoms with Crippen molar-refractivity contribution in [2.75, 3.05) is 22.6 Å². The third-order valence-electron chi connectivity index (χ3n) is 5.77. The number of nitrogens with one attached hydrogen (secondary N) is 2. The molecule has 0 spiro atoms. The van der Waals surface area contributed by atoms with E-state index in [1.807, 2.05) is 0 Å². The Labute approximate surface area is 164 Å². The second kappa shape index (κ2) is 6.61. The third-order valence-corrected chi connectivity index (χ3v) is 5.77. The average molecular weight is 381 g/mol. The van der Waals surface area contributed by atoms with Crippen molar-refractivity contribution in [3.05, 3.63) is 36.4 Å². The molecule has 2 aromatic heterocycles. The lowest BCUT2D eigenvalue weighted by Crippen LogP contribution is -2.35. The molecule has 2 atom stereocenters. The minimum Gasteiger partial charge on any atom is -0.393 e. The van der Waals surface area contributed by atoms with Crippen LogP contribution in [0.2, 0.25) is 0 Å². The summed E-state index contributed by atoms with van der Waals surface area (Å²) in [6.07, 6.45) is 8.07. The number of nitrogen functional groups attached to an aromatic ring is 1. The van der Waals surface area contributed by atoms with Crippen LogP contribution in [-0.4, -0.2) is 33.4 Å². The first-order chi connectivity index (χ1) is 13.3. The molecule has 28 heavy (non-hydrogen) atoms. The fourth-order valence-electron chi connectivity index (χ4n) is 5.11. The van der Waals surface area contributed by atoms with E-state index >= 15 is 0 Å². The van der Waals surface area contributed by atoms with Gasteiger partial charge in [0.2, 0.25) is 0 Å². The molecule has 4 rings (SSSR count). The van der Waals surface area contributed by atoms with E-state index in [9.17, 15) is 4.79 Å². The SMILES string of the molecule is CC1(C)CC2CC(C)(CN2c2ncnc(NNC(=O)c3cccnc3)c2N)C1. The first kappa shape index (κ1) is 18.5. The zero-order valence-electron chi connectivity index (χ0n) is 16.6. The van der Waals surface area contributed by atoms with E-state index in [2.05, 4.69) is 51.5 Å². The molecule has 1 aliphatic heterocycles. The van der Waals surface area contributed by atoms with E-state index in [4.69, 9.17) is 5.73 Å². The van der Waals surface area contributed by atoms with Crippen molar-refractivity contribution in [1.29, 1.82) is 0 Å². The maximum Gasteiger partial charge on any atom is 0.271 e. The Morgan fingerprint density at radius 1 is 1.29 bits per heavy atom. The number of carbonyl (C=O) groups excluding carboxylic acids is 1. The van der Waals surface area contributed by atoms with Gasteiger partial charge >= 0.3 is 0 Å². The van der Waals surface area contributed by atoms with Gasteiger partial charge in [-0.05, 0) is 42.2 Å². The Bertz CT molecular complexity index is 885. The zero-order chi connectivity index (χ0) is 19.9. The summed E-state index contributed by atoms with van der Waals surface area (Å²) < 4.78 is 0. The van der Waals surface area contributed by atoms with Crippen LogP contribution in [0.1, 0.15) is 50.4 Å². The number of hydrazine groups is 1. The van der Waals surface area contributed by atoms with Crippen molar-refractivity contribution in [3.8, 4) is 0 Å². The van der Waals surface area contributed by atoms with Gasteiger partial charge in [0, 0.05) is 25.0 Å². The summed E-state index contributed by atoms with van der Waals surface area (Å²) in [7, 11) is 0. The van der Waals surface area contributed by atoms with Gasteiger partial charge in [-0.15, -0.1) is 0 Å². The van der Waals surface area contributed by atoms with Crippen molar-refractivity contribution in [2.24, 2.45) is 10.8 Å². The number of carbonyl (C=O) groups is 1. The molecule has 1 saturated heterocycles. The van der Waals surface area contributed by atoms with Gasteiger partial charge in [-0.1, -0.05) is 20.8 Å². The number of nitrogens with zero attached hydrogens (tertiary/aromatic N) is 4. The number of hydrogen-bond acceptors (Lipinski definition) is 7. The molecule has 2 fully saturated rings. The van der Waals surface area contributed by atoms with Crippen LogP contribution < -0.4 is 21.5 Å². The van der Waals surface area contributed by atoms with Gasteiger partial charge in [0.1, 0.15) is 12.0 Å². The van der Waals surface area contributed by atoms with Crippen LogP contribution >= 0.6 is 0 Å². The summed E-state index contributed by atoms with van der Waals surface area (Å²) in [4.78, 5) is 27.2. The van der Waals surface area contributed by atoms with Gasteiger partial charge in [-0.2, -0.15) is 0 Å². The van der Waals surface area contributed by atoms with Gasteiger partial charge < -0.3 is 10.6 Å². The minimum atomic E-state index is -0.307. The van der Waals surface area contributed by atoms with Gasteiger partial charge in [0.15, 0.2) is 11.6 Å². The smallest absolute Gasteiger partial charge is 0.271 e. The average Bonchev–Trinajstić information content (AvgIpc) is 2.90. The fraction of sp³-hybridized carbons (Fsp3) is 0.500. The molecule has 0 aromatic carbocycles. The molecule has 1 saturated carbocycles. The second-order valence-electron chi connectivity index (χ2n) is 9.12. The Morgan fingerprint density at radius 3 is 2.86 bits per heavy atom. The lowest BCUT2D eigenvalue weighted by molar-refractivity contribution is 0.0962. The number of nitrogens with two attached hydrogens (primary N) is 1. The van der Waals surface area contributed by atoms with E-state index in [0.717, 1.165) is 25.2 Å². The molecule has 0 radical (unpaired) electrons. The van der Waals surface area contributed by atoms with Crippen LogP contribution in [-0.2, 0) is 0 Å². The largest absolute Gasteiger partial charge is 0.393 e. The Hall–Kier alpha value is -2.90. The van der Waals surface area contributed by atoms with E-state index in [-0.39, 0.29) is 11.3 Å². The molecule has 4 N–H and O–H groups in total. The maximum absolute atomic E-state index is 12.2. The molecule has 8 heteroatoms. The number of aromatic nitrogens is 3. The summed E-state index contributed by atoms with van der Waals surface area (Å²) in [5.74, 6) is 0.826. The van der Waals surface area contributed by atoms with E-state index in [0.29, 0.717) is 28.5 Å². The number of fused-ring (bicyclic) bond motifs is 2. The monoisotopic (exact) mass is 381 g/mol. The molecular weight excluding hydrogens is 354 g/mol. The molecule has 8 nitrogen and oxygen atoms in total. The molecule has 2 unspecified atom stereocenters. The van der Waals surface area contributed by atoms with Gasteiger partial charge in [-0.3, -0.25) is 20.6 Å². The van der Waals surface area contributed by atoms with Crippen LogP contribution in [0.15, 0.2) is 30.9 Å². The predicted octanol–water partition coefficient (Wildman–Crippen LogP) is 2.62. The maximum atomic E-state index is 12.2. The molecule has 2 aromatic rings. The van der Waals surface area contributed by atoms with Crippen molar-refractivity contribution in [1.82, 2.24) is 20.4 Å². The van der Waals surface area contributed by atoms with Crippen LogP contribution in [0.5, 0.6) is 0 Å². The summed E-state index contributed by atoms with van der Waals surface area (Å²) in [6, 6.07) is 3.81. The number of anilines is 3. The molecular formula is C20H27N7O. The Balaban J connectivity index is 1.52. The van der Waals surface area contributed by atoms with Crippen molar-refractivity contribution in [3.63, 3.8) is 0 Å². The third kappa shape index (κ3) is 3.46. The minimum absolute atomic E-state index is 0.270. The van der Waals surface area contributed by atoms with Crippen LogP contribution in [0, 0.1) is 10.8 Å². The molecule has 2 aliphatic rings. The molecule has 1 amide bonds. The van der Waals surface area contributed by atoms with Crippen LogP contribution in [0.25, 0.3) is 0 Å². The number of pyridine rings is 1. The molecule has 148 valence electrons. The first-order valence-corrected chi connectivity index (χ1v) is 9.60. The summed E-state index contributed by atoms with van der Waals surface area (Å²) >= 11 is 0. The van der Waals surface area contributed by atoms with Crippen LogP contribution in [0.4, 0.5) is 17.3 Å². The highest BCUT2D eigenvalue weighted by atomic mass is 16.2. The van der Waals surface area contributed by atoms with Crippen molar-refractivity contribution in [2.45, 2.75) is 46.1 Å². The zero-order valence-corrected chi connectivity index (χ0v) is 16.6. The van der Waals surface area contributed by atoms with Crippen molar-refractivity contribution >= 4 is 23.2 Å². The highest BCUT2D eigenvalue weighted by Gasteiger charge is 2.50. The van der Waals surface area contributed by atoms with E-state index in [1.54, 1.807) is 18.3 Å². The van der Waals surface area contributed by atoms with Gasteiger partial charge in [0.05, 0.1) is 5.56 Å². The van der Waals surface area contributed by atoms with Crippen LogP contribution in [0.3, 0.4) is 0 Å². The lowest BCUT2D eigenvalue weighted by Gasteiger charge is -2.39. The number of rotatable bonds is 4. The highest BCUT2D eigenvalue weighted by molar-refractivity contribution is 5.94. The fourth-order valence-corrected chi connectivity index (χ4v) is 5.11. The quantitative estimate of drug-likeness (QED) is 0.699.